The number of carbonyl (C=O) groups excluding carboxylic acids is 2. The van der Waals surface area contributed by atoms with Gasteiger partial charge in [-0.05, 0) is 301 Å². The topological polar surface area (TPSA) is 202 Å². The van der Waals surface area contributed by atoms with Crippen molar-refractivity contribution in [3.05, 3.63) is 236 Å². The Morgan fingerprint density at radius 2 is 0.718 bits per heavy atom. The van der Waals surface area contributed by atoms with Gasteiger partial charge >= 0.3 is 17.9 Å². The summed E-state index contributed by atoms with van der Waals surface area (Å²) in [5.41, 5.74) is 28.0. The van der Waals surface area contributed by atoms with Gasteiger partial charge in [0, 0.05) is 136 Å². The maximum atomic E-state index is 13.6. The average molecular weight is 1770 g/mol. The van der Waals surface area contributed by atoms with Crippen LogP contribution in [0.2, 0.25) is 0 Å². The molecule has 1 N–H and O–H groups in total. The summed E-state index contributed by atoms with van der Waals surface area (Å²) in [6, 6.07) is 38.7. The van der Waals surface area contributed by atoms with E-state index in [0.29, 0.717) is 23.9 Å². The predicted octanol–water partition coefficient (Wildman–Crippen LogP) is 17.9. The van der Waals surface area contributed by atoms with Crippen LogP contribution in [0.3, 0.4) is 0 Å². The van der Waals surface area contributed by atoms with Crippen LogP contribution < -0.4 is 29.4 Å². The summed E-state index contributed by atoms with van der Waals surface area (Å²) in [6.07, 6.45) is 17.2. The summed E-state index contributed by atoms with van der Waals surface area (Å²) in [7, 11) is 9.39. The normalized spacial score (nSPS) is 16.7. The maximum Gasteiger partial charge on any atom is 0.339 e. The Morgan fingerprint density at radius 3 is 1.00 bits per heavy atom. The number of rotatable bonds is 18. The number of likely N-dealkylation sites (tertiary alicyclic amines) is 2. The van der Waals surface area contributed by atoms with E-state index in [2.05, 4.69) is 254 Å². The largest absolute Gasteiger partial charge is 0.479 e. The van der Waals surface area contributed by atoms with Crippen LogP contribution in [0.4, 0.5) is 17.1 Å². The van der Waals surface area contributed by atoms with Crippen LogP contribution in [0.25, 0.3) is 71.7 Å². The number of nitrogens with zero attached hydrogens (tertiary/aromatic N) is 15. The van der Waals surface area contributed by atoms with Gasteiger partial charge in [0.15, 0.2) is 18.3 Å². The number of aliphatic carboxylic acids is 1. The summed E-state index contributed by atoms with van der Waals surface area (Å²) < 4.78 is 37.4. The van der Waals surface area contributed by atoms with E-state index in [9.17, 15) is 19.5 Å². The van der Waals surface area contributed by atoms with Gasteiger partial charge in [0.25, 0.3) is 0 Å². The Labute approximate surface area is 772 Å². The van der Waals surface area contributed by atoms with E-state index in [0.717, 1.165) is 232 Å². The number of benzene rings is 6. The molecular formula is C107H134N15O9+3. The lowest BCUT2D eigenvalue weighted by atomic mass is 9.87. The Bertz CT molecular complexity index is 6300. The molecule has 131 heavy (non-hydrogen) atoms. The van der Waals surface area contributed by atoms with Crippen molar-refractivity contribution >= 4 is 73.3 Å². The van der Waals surface area contributed by atoms with Gasteiger partial charge in [-0.15, -0.1) is 15.0 Å². The highest BCUT2D eigenvalue weighted by Crippen LogP contribution is 2.53. The molecule has 6 aliphatic heterocycles. The summed E-state index contributed by atoms with van der Waals surface area (Å²) >= 11 is 0. The molecule has 0 unspecified atom stereocenters. The first-order chi connectivity index (χ1) is 62.3. The van der Waals surface area contributed by atoms with Gasteiger partial charge in [0.05, 0.1) is 67.2 Å². The van der Waals surface area contributed by atoms with E-state index < -0.39 is 53.0 Å². The molecule has 3 atom stereocenters. The van der Waals surface area contributed by atoms with Crippen molar-refractivity contribution in [1.82, 2.24) is 43.7 Å². The van der Waals surface area contributed by atoms with Crippen LogP contribution in [0.1, 0.15) is 208 Å². The number of carbonyl (C=O) groups is 3. The minimum Gasteiger partial charge on any atom is -0.479 e. The summed E-state index contributed by atoms with van der Waals surface area (Å²) in [5, 5.41) is 35.4. The minimum atomic E-state index is -1.14. The Hall–Kier alpha value is -11.5. The number of carboxylic acids is 1. The van der Waals surface area contributed by atoms with Gasteiger partial charge in [-0.25, -0.2) is 14.4 Å². The van der Waals surface area contributed by atoms with Crippen molar-refractivity contribution < 1.29 is 57.5 Å². The molecule has 2 saturated heterocycles. The zero-order valence-electron chi connectivity index (χ0n) is 81.3. The second kappa shape index (κ2) is 37.3. The van der Waals surface area contributed by atoms with Crippen LogP contribution in [0, 0.1) is 62.3 Å². The van der Waals surface area contributed by atoms with Crippen molar-refractivity contribution in [2.24, 2.45) is 0 Å². The Morgan fingerprint density at radius 1 is 0.397 bits per heavy atom. The van der Waals surface area contributed by atoms with Crippen molar-refractivity contribution in [2.45, 2.75) is 223 Å². The van der Waals surface area contributed by atoms with Crippen LogP contribution >= 0.6 is 0 Å². The summed E-state index contributed by atoms with van der Waals surface area (Å²) in [6.45, 7) is 47.6. The molecule has 12 aromatic rings. The maximum absolute atomic E-state index is 13.6. The smallest absolute Gasteiger partial charge is 0.339 e. The van der Waals surface area contributed by atoms with Gasteiger partial charge < -0.3 is 57.2 Å². The first-order valence-electron chi connectivity index (χ1n) is 46.7. The van der Waals surface area contributed by atoms with Crippen molar-refractivity contribution in [1.29, 1.82) is 0 Å². The number of likely N-dealkylation sites (N-methyl/N-ethyl adjacent to an activating group) is 1. The molecule has 18 rings (SSSR count). The monoisotopic (exact) mass is 1770 g/mol. The van der Waals surface area contributed by atoms with Crippen molar-refractivity contribution in [2.75, 3.05) is 109 Å². The van der Waals surface area contributed by atoms with E-state index in [1.807, 2.05) is 102 Å². The van der Waals surface area contributed by atoms with Gasteiger partial charge in [0.2, 0.25) is 18.6 Å². The van der Waals surface area contributed by atoms with Gasteiger partial charge in [-0.2, -0.15) is 0 Å². The van der Waals surface area contributed by atoms with Crippen LogP contribution in [-0.4, -0.2) is 178 Å². The summed E-state index contributed by atoms with van der Waals surface area (Å²) in [4.78, 5) is 53.1. The quantitative estimate of drug-likeness (QED) is 0.0627. The molecule has 0 radical (unpaired) electrons. The zero-order chi connectivity index (χ0) is 93.3. The standard InChI is InChI=1S/C36H46N5O3.C36H44N5O3.C35H43N5O3/c2*1-23-9-11-27(12-10-23)31-29-21-24(2)39-19-20-40(41-18-15-28(22-37-41)26-13-16-38(7)17-14-26)32(33(29)39)25(3)30(31)34(35(42)43-8)44-36(4,5)6;1-22-8-10-26(11-9-22)30-28-20-23(2)38-18-19-39(40-17-14-27(21-36-40)25-12-15-37(7)16-13-25)31(32(28)38)24(3)29(30)33(34(41)42)43-35(4,5)6/h9-12,15,18,21-22,26,34H,13-14,16-17,19-20H2,1-8H3;9-13,15,18,21-22,34H,14,16-17,19-20H2,1-8H3;8-11,14,17,20-21,25,33H,12-13,15-16,18-19H2,1-7H3/q2*+1;/p+1/t2*34-;33-/m000/s1. The second-order valence-corrected chi connectivity index (χ2v) is 40.1. The lowest BCUT2D eigenvalue weighted by Crippen LogP contribution is -2.59. The second-order valence-electron chi connectivity index (χ2n) is 40.1. The number of methoxy groups -OCH3 is 2. The molecule has 2 fully saturated rings. The fourth-order valence-electron chi connectivity index (χ4n) is 20.6. The van der Waals surface area contributed by atoms with Crippen LogP contribution in [-0.2, 0) is 57.7 Å². The number of anilines is 3. The van der Waals surface area contributed by atoms with Gasteiger partial charge in [0.1, 0.15) is 35.7 Å². The number of piperidine rings is 2. The molecule has 6 aliphatic rings. The molecular weight excluding hydrogens is 1640 g/mol. The van der Waals surface area contributed by atoms with E-state index >= 15 is 0 Å². The van der Waals surface area contributed by atoms with Gasteiger partial charge in [-0.1, -0.05) is 95.6 Å². The average Bonchev–Trinajstić information content (AvgIpc) is 1.61. The van der Waals surface area contributed by atoms with Crippen molar-refractivity contribution in [3.8, 4) is 33.4 Å². The third-order valence-electron chi connectivity index (χ3n) is 27.2. The minimum absolute atomic E-state index is 0.408. The molecule has 24 heteroatoms. The number of esters is 2. The SMILES string of the molecule is COC(=O)[C@@H](OC(C)(C)C)c1c(C)c2c3c(cc(C)n3CCN2[n+]2ccc(C3=CCN(C)CC3)cn2)c1-c1ccc(C)cc1.COC(=O)[C@@H](OC(C)(C)C)c1c(C)c2c3c(cc(C)n3CCN2[n+]2ccc(C3CCN(C)CC3)cn2)c1-c1ccc(C)cc1.Cc1ccc(-c2c([C@H](OC(C)(C)C)C(=O)O)c(C)c3c4c2cc(C)n4CCN3[n+]2ccc(C3CCN(C)CC3)cn2)cc1. The Kier molecular flexibility index (Phi) is 26.4. The number of hydrogen-bond acceptors (Lipinski definition) is 17. The molecule has 0 spiro atoms. The number of hydrogen-bond donors (Lipinski definition) is 1. The fourth-order valence-corrected chi connectivity index (χ4v) is 20.6. The highest BCUT2D eigenvalue weighted by atomic mass is 16.6. The fraction of sp³-hybridized carbons (Fsp3) is 0.449. The first-order valence-corrected chi connectivity index (χ1v) is 46.7. The first kappa shape index (κ1) is 92.8. The number of aromatic nitrogens is 9. The predicted molar refractivity (Wildman–Crippen MR) is 518 cm³/mol. The number of carboxylic acid groups (broad SMARTS) is 1. The lowest BCUT2D eigenvalue weighted by Gasteiger charge is -2.32. The van der Waals surface area contributed by atoms with E-state index in [4.69, 9.17) is 39.0 Å². The summed E-state index contributed by atoms with van der Waals surface area (Å²) in [5.74, 6) is -0.750. The molecule has 0 aliphatic carbocycles. The third kappa shape index (κ3) is 18.8. The van der Waals surface area contributed by atoms with Crippen molar-refractivity contribution in [3.63, 3.8) is 0 Å². The van der Waals surface area contributed by atoms with Crippen LogP contribution in [0.15, 0.2) is 152 Å². The van der Waals surface area contributed by atoms with Gasteiger partial charge in [-0.3, -0.25) is 0 Å². The lowest BCUT2D eigenvalue weighted by molar-refractivity contribution is -0.742. The Balaban J connectivity index is 0.000000144. The number of ether oxygens (including phenoxy) is 5. The molecule has 6 aromatic heterocycles. The van der Waals surface area contributed by atoms with E-state index in [1.54, 1.807) is 0 Å². The zero-order valence-corrected chi connectivity index (χ0v) is 81.3. The molecule has 6 aromatic carbocycles. The molecule has 688 valence electrons. The third-order valence-corrected chi connectivity index (χ3v) is 27.2. The molecule has 0 saturated carbocycles. The molecule has 0 amide bonds. The van der Waals surface area contributed by atoms with E-state index in [-0.39, 0.29) is 0 Å². The van der Waals surface area contributed by atoms with E-state index in [1.165, 1.54) is 53.4 Å². The molecule has 0 bridgehead atoms. The van der Waals surface area contributed by atoms with Crippen LogP contribution in [0.5, 0.6) is 0 Å². The molecule has 24 nitrogen and oxygen atoms in total. The number of aryl methyl sites for hydroxylation is 6. The highest BCUT2D eigenvalue weighted by Gasteiger charge is 2.44. The highest BCUT2D eigenvalue weighted by molar-refractivity contribution is 6.10. The molecule has 12 heterocycles.